The van der Waals surface area contributed by atoms with Crippen LogP contribution in [0.1, 0.15) is 44.5 Å². The Hall–Kier alpha value is -1.91. The van der Waals surface area contributed by atoms with Crippen molar-refractivity contribution in [2.75, 3.05) is 11.9 Å². The van der Waals surface area contributed by atoms with Crippen molar-refractivity contribution in [1.82, 2.24) is 9.55 Å². The maximum Gasteiger partial charge on any atom is 0.203 e. The lowest BCUT2D eigenvalue weighted by Gasteiger charge is -2.26. The van der Waals surface area contributed by atoms with E-state index in [0.29, 0.717) is 18.5 Å². The predicted octanol–water partition coefficient (Wildman–Crippen LogP) is 3.86. The molecule has 0 fully saturated rings. The van der Waals surface area contributed by atoms with Gasteiger partial charge in [0.2, 0.25) is 5.95 Å². The van der Waals surface area contributed by atoms with E-state index in [9.17, 15) is 8.78 Å². The first-order valence-electron chi connectivity index (χ1n) is 7.14. The largest absolute Gasteiger partial charge is 0.356 e. The zero-order valence-electron chi connectivity index (χ0n) is 12.5. The van der Waals surface area contributed by atoms with Gasteiger partial charge in [-0.1, -0.05) is 20.8 Å². The van der Waals surface area contributed by atoms with Gasteiger partial charge in [0.1, 0.15) is 11.6 Å². The first-order chi connectivity index (χ1) is 9.86. The predicted molar refractivity (Wildman–Crippen MR) is 78.5 cm³/mol. The maximum atomic E-state index is 14.1. The Morgan fingerprint density at radius 1 is 1.29 bits per heavy atom. The fourth-order valence-corrected chi connectivity index (χ4v) is 2.66. The number of benzene rings is 1. The lowest BCUT2D eigenvalue weighted by Crippen LogP contribution is -2.24. The molecule has 1 N–H and O–H groups in total. The second-order valence-electron chi connectivity index (χ2n) is 6.50. The zero-order chi connectivity index (χ0) is 15.2. The van der Waals surface area contributed by atoms with Crippen LogP contribution in [0.3, 0.4) is 0 Å². The Bertz CT molecular complexity index is 671. The fraction of sp³-hybridized carbons (Fsp3) is 0.438. The third-order valence-corrected chi connectivity index (χ3v) is 3.85. The van der Waals surface area contributed by atoms with Gasteiger partial charge in [-0.25, -0.2) is 13.8 Å². The van der Waals surface area contributed by atoms with E-state index < -0.39 is 5.82 Å². The molecule has 1 unspecified atom stereocenters. The third-order valence-electron chi connectivity index (χ3n) is 3.85. The van der Waals surface area contributed by atoms with Gasteiger partial charge in [0.05, 0.1) is 11.7 Å². The number of nitrogens with zero attached hydrogens (tertiary/aromatic N) is 2. The number of imidazole rings is 1. The molecule has 0 saturated carbocycles. The Labute approximate surface area is 123 Å². The van der Waals surface area contributed by atoms with Crippen LogP contribution in [-0.4, -0.2) is 16.1 Å². The van der Waals surface area contributed by atoms with E-state index in [1.54, 1.807) is 0 Å². The number of aromatic nitrogens is 2. The highest BCUT2D eigenvalue weighted by atomic mass is 19.1. The molecule has 0 aliphatic carbocycles. The molecule has 1 aromatic carbocycles. The van der Waals surface area contributed by atoms with E-state index in [2.05, 4.69) is 31.1 Å². The highest BCUT2D eigenvalue weighted by Gasteiger charge is 2.28. The lowest BCUT2D eigenvalue weighted by molar-refractivity contribution is 0.488. The van der Waals surface area contributed by atoms with Crippen LogP contribution in [0.25, 0.3) is 0 Å². The molecule has 3 rings (SSSR count). The van der Waals surface area contributed by atoms with Crippen molar-refractivity contribution in [1.29, 1.82) is 0 Å². The number of hydrogen-bond acceptors (Lipinski definition) is 2. The minimum Gasteiger partial charge on any atom is -0.356 e. The Kier molecular flexibility index (Phi) is 3.23. The van der Waals surface area contributed by atoms with E-state index in [0.717, 1.165) is 17.7 Å². The summed E-state index contributed by atoms with van der Waals surface area (Å²) in [5.41, 5.74) is 1.24. The van der Waals surface area contributed by atoms with Gasteiger partial charge in [-0.3, -0.25) is 0 Å². The molecular formula is C16H19F2N3. The summed E-state index contributed by atoms with van der Waals surface area (Å²) in [6.07, 6.45) is 2.64. The molecule has 1 aliphatic heterocycles. The van der Waals surface area contributed by atoms with Crippen LogP contribution < -0.4 is 5.32 Å². The molecular weight excluding hydrogens is 272 g/mol. The van der Waals surface area contributed by atoms with Crippen LogP contribution in [0.2, 0.25) is 0 Å². The van der Waals surface area contributed by atoms with Crippen LogP contribution in [0, 0.1) is 11.6 Å². The van der Waals surface area contributed by atoms with Crippen LogP contribution in [-0.2, 0) is 5.41 Å². The maximum absolute atomic E-state index is 14.1. The van der Waals surface area contributed by atoms with Crippen LogP contribution in [0.5, 0.6) is 0 Å². The van der Waals surface area contributed by atoms with Crippen LogP contribution >= 0.6 is 0 Å². The molecule has 0 bridgehead atoms. The minimum atomic E-state index is -0.414. The number of nitrogens with one attached hydrogen (secondary N) is 1. The summed E-state index contributed by atoms with van der Waals surface area (Å²) in [6, 6.07) is 3.40. The molecule has 1 atom stereocenters. The Balaban J connectivity index is 2.08. The van der Waals surface area contributed by atoms with Crippen LogP contribution in [0.4, 0.5) is 14.7 Å². The number of hydrogen-bond donors (Lipinski definition) is 1. The van der Waals surface area contributed by atoms with E-state index in [1.165, 1.54) is 12.1 Å². The second-order valence-corrected chi connectivity index (χ2v) is 6.50. The average molecular weight is 291 g/mol. The minimum absolute atomic E-state index is 0.0863. The van der Waals surface area contributed by atoms with Crippen molar-refractivity contribution in [3.8, 4) is 0 Å². The Morgan fingerprint density at radius 2 is 2.05 bits per heavy atom. The van der Waals surface area contributed by atoms with Crippen LogP contribution in [0.15, 0.2) is 24.4 Å². The van der Waals surface area contributed by atoms with Gasteiger partial charge in [-0.2, -0.15) is 0 Å². The smallest absolute Gasteiger partial charge is 0.203 e. The van der Waals surface area contributed by atoms with Crippen molar-refractivity contribution in [2.45, 2.75) is 38.6 Å². The van der Waals surface area contributed by atoms with Gasteiger partial charge in [0, 0.05) is 23.7 Å². The van der Waals surface area contributed by atoms with Crippen molar-refractivity contribution >= 4 is 5.95 Å². The summed E-state index contributed by atoms with van der Waals surface area (Å²) in [4.78, 5) is 4.59. The molecule has 5 heteroatoms. The van der Waals surface area contributed by atoms with Gasteiger partial charge in [0.25, 0.3) is 0 Å². The monoisotopic (exact) mass is 291 g/mol. The molecule has 2 heterocycles. The molecule has 1 aliphatic rings. The molecule has 112 valence electrons. The van der Waals surface area contributed by atoms with Crippen molar-refractivity contribution in [3.63, 3.8) is 0 Å². The quantitative estimate of drug-likeness (QED) is 0.864. The first kappa shape index (κ1) is 14.0. The molecule has 2 aromatic rings. The summed E-state index contributed by atoms with van der Waals surface area (Å²) >= 11 is 0. The van der Waals surface area contributed by atoms with Gasteiger partial charge < -0.3 is 9.88 Å². The van der Waals surface area contributed by atoms with E-state index in [-0.39, 0.29) is 17.3 Å². The summed E-state index contributed by atoms with van der Waals surface area (Å²) in [5.74, 6) is -0.0669. The van der Waals surface area contributed by atoms with Gasteiger partial charge >= 0.3 is 0 Å². The molecule has 21 heavy (non-hydrogen) atoms. The van der Waals surface area contributed by atoms with Gasteiger partial charge in [-0.05, 0) is 24.6 Å². The van der Waals surface area contributed by atoms with Crippen molar-refractivity contribution < 1.29 is 8.78 Å². The topological polar surface area (TPSA) is 29.9 Å². The summed E-state index contributed by atoms with van der Waals surface area (Å²) in [6.45, 7) is 6.94. The SMILES string of the molecule is CC(C)(C)c1cn2c(n1)NCCC2c1cc(F)ccc1F. The van der Waals surface area contributed by atoms with E-state index in [1.807, 2.05) is 10.8 Å². The van der Waals surface area contributed by atoms with Crippen molar-refractivity contribution in [2.24, 2.45) is 0 Å². The normalized spacial score (nSPS) is 18.2. The summed E-state index contributed by atoms with van der Waals surface area (Å²) in [5, 5.41) is 3.22. The average Bonchev–Trinajstić information content (AvgIpc) is 2.85. The molecule has 3 nitrogen and oxygen atoms in total. The standard InChI is InChI=1S/C16H19F2N3/c1-16(2,3)14-9-21-13(6-7-19-15(21)20-14)11-8-10(17)4-5-12(11)18/h4-5,8-9,13H,6-7H2,1-3H3,(H,19,20). The van der Waals surface area contributed by atoms with Gasteiger partial charge in [0.15, 0.2) is 0 Å². The molecule has 1 aromatic heterocycles. The number of anilines is 1. The van der Waals surface area contributed by atoms with Gasteiger partial charge in [-0.15, -0.1) is 0 Å². The highest BCUT2D eigenvalue weighted by Crippen LogP contribution is 2.34. The number of halogens is 2. The summed E-state index contributed by atoms with van der Waals surface area (Å²) in [7, 11) is 0. The van der Waals surface area contributed by atoms with Crippen molar-refractivity contribution in [3.05, 3.63) is 47.3 Å². The zero-order valence-corrected chi connectivity index (χ0v) is 12.5. The third kappa shape index (κ3) is 2.52. The fourth-order valence-electron chi connectivity index (χ4n) is 2.66. The Morgan fingerprint density at radius 3 is 2.76 bits per heavy atom. The number of fused-ring (bicyclic) bond motifs is 1. The molecule has 0 radical (unpaired) electrons. The molecule has 0 spiro atoms. The molecule has 0 amide bonds. The molecule has 0 saturated heterocycles. The van der Waals surface area contributed by atoms with E-state index in [4.69, 9.17) is 0 Å². The summed E-state index contributed by atoms with van der Waals surface area (Å²) < 4.78 is 29.5. The first-order valence-corrected chi connectivity index (χ1v) is 7.14. The highest BCUT2D eigenvalue weighted by molar-refractivity contribution is 5.38. The van der Waals surface area contributed by atoms with E-state index >= 15 is 0 Å². The second kappa shape index (κ2) is 4.83. The number of rotatable bonds is 1. The lowest BCUT2D eigenvalue weighted by atomic mass is 9.93.